The fraction of sp³-hybridized carbons (Fsp3) is 0.0714. The topological polar surface area (TPSA) is 46.3 Å². The molecule has 2 heterocycles. The van der Waals surface area contributed by atoms with Crippen molar-refractivity contribution in [3.63, 3.8) is 0 Å². The predicted molar refractivity (Wildman–Crippen MR) is 64.4 cm³/mol. The highest BCUT2D eigenvalue weighted by Crippen LogP contribution is 2.29. The molecular formula is C14H9F2NO2. The van der Waals surface area contributed by atoms with E-state index in [0.717, 1.165) is 0 Å². The van der Waals surface area contributed by atoms with Crippen LogP contribution < -0.4 is 0 Å². The molecule has 0 fully saturated rings. The number of nitrogens with zero attached hydrogens (tertiary/aromatic N) is 1. The summed E-state index contributed by atoms with van der Waals surface area (Å²) in [6, 6.07) is 8.51. The number of aliphatic hydroxyl groups is 1. The van der Waals surface area contributed by atoms with Crippen LogP contribution in [0.2, 0.25) is 0 Å². The fourth-order valence-electron chi connectivity index (χ4n) is 1.92. The second-order valence-electron chi connectivity index (χ2n) is 4.08. The van der Waals surface area contributed by atoms with E-state index in [2.05, 4.69) is 4.98 Å². The van der Waals surface area contributed by atoms with Gasteiger partial charge in [-0.3, -0.25) is 4.98 Å². The number of rotatable bonds is 2. The summed E-state index contributed by atoms with van der Waals surface area (Å²) in [5.74, 6) is -1.12. The van der Waals surface area contributed by atoms with E-state index in [-0.39, 0.29) is 17.0 Å². The van der Waals surface area contributed by atoms with Gasteiger partial charge in [0.15, 0.2) is 17.5 Å². The average molecular weight is 261 g/mol. The molecule has 2 aromatic heterocycles. The molecule has 1 unspecified atom stereocenters. The summed E-state index contributed by atoms with van der Waals surface area (Å²) in [6.07, 6.45) is -0.00165. The Morgan fingerprint density at radius 2 is 1.89 bits per heavy atom. The van der Waals surface area contributed by atoms with Crippen molar-refractivity contribution in [2.24, 2.45) is 0 Å². The molecule has 3 aromatic rings. The van der Waals surface area contributed by atoms with E-state index < -0.39 is 17.7 Å². The number of furan rings is 1. The Balaban J connectivity index is 2.10. The first kappa shape index (κ1) is 11.8. The number of hydrogen-bond donors (Lipinski definition) is 1. The largest absolute Gasteiger partial charge is 0.455 e. The minimum atomic E-state index is -1.37. The average Bonchev–Trinajstić information content (AvgIpc) is 2.84. The normalized spacial score (nSPS) is 12.8. The van der Waals surface area contributed by atoms with Crippen LogP contribution in [0, 0.1) is 11.6 Å². The molecule has 0 saturated heterocycles. The van der Waals surface area contributed by atoms with Crippen molar-refractivity contribution in [2.75, 3.05) is 0 Å². The molecule has 3 rings (SSSR count). The standard InChI is InChI=1S/C14H9F2NO2/c15-9-5-2-6-17-12(9)13(18)11-7-8-3-1-4-10(16)14(8)19-11/h1-7,13,18H. The lowest BCUT2D eigenvalue weighted by atomic mass is 10.1. The van der Waals surface area contributed by atoms with Crippen LogP contribution in [0.25, 0.3) is 11.0 Å². The van der Waals surface area contributed by atoms with E-state index in [1.54, 1.807) is 6.07 Å². The Hall–Kier alpha value is -2.27. The van der Waals surface area contributed by atoms with E-state index in [0.29, 0.717) is 5.39 Å². The predicted octanol–water partition coefficient (Wildman–Crippen LogP) is 3.19. The Kier molecular flexibility index (Phi) is 2.76. The van der Waals surface area contributed by atoms with Crippen molar-refractivity contribution in [3.8, 4) is 0 Å². The quantitative estimate of drug-likeness (QED) is 0.770. The van der Waals surface area contributed by atoms with E-state index in [9.17, 15) is 13.9 Å². The van der Waals surface area contributed by atoms with Crippen LogP contribution in [0.1, 0.15) is 17.6 Å². The molecule has 0 saturated carbocycles. The third-order valence-electron chi connectivity index (χ3n) is 2.83. The molecule has 96 valence electrons. The molecule has 0 aliphatic carbocycles. The van der Waals surface area contributed by atoms with Gasteiger partial charge in [-0.15, -0.1) is 0 Å². The molecule has 5 heteroatoms. The number of hydrogen-bond acceptors (Lipinski definition) is 3. The van der Waals surface area contributed by atoms with Crippen LogP contribution >= 0.6 is 0 Å². The first-order chi connectivity index (χ1) is 9.16. The number of benzene rings is 1. The van der Waals surface area contributed by atoms with Gasteiger partial charge in [0.25, 0.3) is 0 Å². The fourth-order valence-corrected chi connectivity index (χ4v) is 1.92. The molecular weight excluding hydrogens is 252 g/mol. The Labute approximate surface area is 107 Å². The first-order valence-electron chi connectivity index (χ1n) is 5.63. The molecule has 0 bridgehead atoms. The number of fused-ring (bicyclic) bond motifs is 1. The zero-order valence-corrected chi connectivity index (χ0v) is 9.68. The summed E-state index contributed by atoms with van der Waals surface area (Å²) in [7, 11) is 0. The van der Waals surface area contributed by atoms with Gasteiger partial charge in [0.05, 0.1) is 0 Å². The third-order valence-corrected chi connectivity index (χ3v) is 2.83. The van der Waals surface area contributed by atoms with E-state index >= 15 is 0 Å². The van der Waals surface area contributed by atoms with Gasteiger partial charge in [0.1, 0.15) is 17.3 Å². The van der Waals surface area contributed by atoms with Crippen LogP contribution in [0.5, 0.6) is 0 Å². The van der Waals surface area contributed by atoms with E-state index in [1.807, 2.05) is 0 Å². The summed E-state index contributed by atoms with van der Waals surface area (Å²) in [5.41, 5.74) is -0.116. The molecule has 1 aromatic carbocycles. The van der Waals surface area contributed by atoms with Crippen molar-refractivity contribution >= 4 is 11.0 Å². The molecule has 0 aliphatic heterocycles. The van der Waals surface area contributed by atoms with Crippen molar-refractivity contribution < 1.29 is 18.3 Å². The summed E-state index contributed by atoms with van der Waals surface area (Å²) >= 11 is 0. The van der Waals surface area contributed by atoms with Gasteiger partial charge in [-0.25, -0.2) is 8.78 Å². The second kappa shape index (κ2) is 4.44. The number of aromatic nitrogens is 1. The van der Waals surface area contributed by atoms with Gasteiger partial charge in [0, 0.05) is 11.6 Å². The molecule has 0 aliphatic rings. The lowest BCUT2D eigenvalue weighted by Gasteiger charge is -2.07. The molecule has 0 amide bonds. The van der Waals surface area contributed by atoms with Gasteiger partial charge < -0.3 is 9.52 Å². The van der Waals surface area contributed by atoms with Gasteiger partial charge in [-0.1, -0.05) is 12.1 Å². The van der Waals surface area contributed by atoms with Gasteiger partial charge in [0.2, 0.25) is 0 Å². The highest BCUT2D eigenvalue weighted by molar-refractivity contribution is 5.78. The first-order valence-corrected chi connectivity index (χ1v) is 5.63. The number of aliphatic hydroxyl groups excluding tert-OH is 1. The molecule has 19 heavy (non-hydrogen) atoms. The summed E-state index contributed by atoms with van der Waals surface area (Å²) in [4.78, 5) is 3.77. The van der Waals surface area contributed by atoms with E-state index in [4.69, 9.17) is 4.42 Å². The molecule has 0 spiro atoms. The maximum absolute atomic E-state index is 13.5. The Bertz CT molecular complexity index is 739. The highest BCUT2D eigenvalue weighted by atomic mass is 19.1. The van der Waals surface area contributed by atoms with Crippen molar-refractivity contribution in [1.82, 2.24) is 4.98 Å². The zero-order valence-electron chi connectivity index (χ0n) is 9.68. The zero-order chi connectivity index (χ0) is 13.4. The molecule has 3 nitrogen and oxygen atoms in total. The number of para-hydroxylation sites is 1. The van der Waals surface area contributed by atoms with Crippen LogP contribution in [0.3, 0.4) is 0 Å². The van der Waals surface area contributed by atoms with Gasteiger partial charge >= 0.3 is 0 Å². The molecule has 0 radical (unpaired) electrons. The highest BCUT2D eigenvalue weighted by Gasteiger charge is 2.21. The van der Waals surface area contributed by atoms with Crippen molar-refractivity contribution in [2.45, 2.75) is 6.10 Å². The Morgan fingerprint density at radius 1 is 1.11 bits per heavy atom. The lowest BCUT2D eigenvalue weighted by Crippen LogP contribution is -2.03. The lowest BCUT2D eigenvalue weighted by molar-refractivity contribution is 0.182. The smallest absolute Gasteiger partial charge is 0.170 e. The summed E-state index contributed by atoms with van der Waals surface area (Å²) < 4.78 is 32.2. The monoisotopic (exact) mass is 261 g/mol. The van der Waals surface area contributed by atoms with Crippen molar-refractivity contribution in [1.29, 1.82) is 0 Å². The third kappa shape index (κ3) is 1.98. The summed E-state index contributed by atoms with van der Waals surface area (Å²) in [5, 5.41) is 10.6. The van der Waals surface area contributed by atoms with Crippen LogP contribution in [-0.2, 0) is 0 Å². The molecule has 1 atom stereocenters. The minimum Gasteiger partial charge on any atom is -0.455 e. The van der Waals surface area contributed by atoms with Crippen LogP contribution in [0.4, 0.5) is 8.78 Å². The SMILES string of the molecule is OC(c1cc2cccc(F)c2o1)c1ncccc1F. The number of pyridine rings is 1. The van der Waals surface area contributed by atoms with Crippen LogP contribution in [0.15, 0.2) is 47.0 Å². The Morgan fingerprint density at radius 3 is 2.63 bits per heavy atom. The second-order valence-corrected chi connectivity index (χ2v) is 4.08. The molecule has 1 N–H and O–H groups in total. The van der Waals surface area contributed by atoms with Gasteiger partial charge in [-0.2, -0.15) is 0 Å². The van der Waals surface area contributed by atoms with Crippen LogP contribution in [-0.4, -0.2) is 10.1 Å². The summed E-state index contributed by atoms with van der Waals surface area (Å²) in [6.45, 7) is 0. The minimum absolute atomic E-state index is 0.0351. The maximum Gasteiger partial charge on any atom is 0.170 e. The van der Waals surface area contributed by atoms with E-state index in [1.165, 1.54) is 36.5 Å². The van der Waals surface area contributed by atoms with Gasteiger partial charge in [-0.05, 0) is 24.3 Å². The maximum atomic E-state index is 13.5. The van der Waals surface area contributed by atoms with Crippen molar-refractivity contribution in [3.05, 3.63) is 65.7 Å². The number of halogens is 2.